The van der Waals surface area contributed by atoms with Crippen LogP contribution in [0.5, 0.6) is 0 Å². The summed E-state index contributed by atoms with van der Waals surface area (Å²) in [5.41, 5.74) is 5.95. The van der Waals surface area contributed by atoms with Gasteiger partial charge >= 0.3 is 0 Å². The van der Waals surface area contributed by atoms with Gasteiger partial charge in [-0.1, -0.05) is 24.4 Å². The lowest BCUT2D eigenvalue weighted by Crippen LogP contribution is -2.49. The van der Waals surface area contributed by atoms with E-state index in [-0.39, 0.29) is 22.7 Å². The Labute approximate surface area is 111 Å². The van der Waals surface area contributed by atoms with E-state index >= 15 is 0 Å². The first-order chi connectivity index (χ1) is 8.58. The number of carbonyl (C=O) groups excluding carboxylic acids is 1. The van der Waals surface area contributed by atoms with Gasteiger partial charge in [0, 0.05) is 17.1 Å². The van der Waals surface area contributed by atoms with Crippen molar-refractivity contribution < 1.29 is 9.18 Å². The molecule has 98 valence electrons. The summed E-state index contributed by atoms with van der Waals surface area (Å²) >= 11 is 5.64. The van der Waals surface area contributed by atoms with Crippen molar-refractivity contribution >= 4 is 17.5 Å². The van der Waals surface area contributed by atoms with Gasteiger partial charge in [0.2, 0.25) is 0 Å². The minimum absolute atomic E-state index is 0.0113. The molecule has 0 aromatic heterocycles. The van der Waals surface area contributed by atoms with Crippen molar-refractivity contribution in [2.24, 2.45) is 5.73 Å². The van der Waals surface area contributed by atoms with Crippen LogP contribution in [0.1, 0.15) is 36.0 Å². The molecule has 1 fully saturated rings. The number of hydrogen-bond acceptors (Lipinski definition) is 2. The quantitative estimate of drug-likeness (QED) is 0.867. The van der Waals surface area contributed by atoms with Gasteiger partial charge < -0.3 is 11.1 Å². The van der Waals surface area contributed by atoms with E-state index in [4.69, 9.17) is 17.3 Å². The molecule has 2 atom stereocenters. The molecule has 0 saturated heterocycles. The maximum absolute atomic E-state index is 13.6. The predicted molar refractivity (Wildman–Crippen MR) is 69.1 cm³/mol. The minimum Gasteiger partial charge on any atom is -0.348 e. The number of rotatable bonds is 2. The van der Waals surface area contributed by atoms with Gasteiger partial charge in [0.15, 0.2) is 0 Å². The zero-order chi connectivity index (χ0) is 13.1. The molecule has 0 aliphatic heterocycles. The second-order valence-corrected chi connectivity index (χ2v) is 5.09. The van der Waals surface area contributed by atoms with Crippen LogP contribution < -0.4 is 11.1 Å². The number of hydrogen-bond donors (Lipinski definition) is 2. The van der Waals surface area contributed by atoms with Gasteiger partial charge in [-0.3, -0.25) is 4.79 Å². The second-order valence-electron chi connectivity index (χ2n) is 4.65. The van der Waals surface area contributed by atoms with Crippen LogP contribution in [0.4, 0.5) is 4.39 Å². The SMILES string of the molecule is NC1CCCCC1NC(=O)c1ccc(Cl)cc1F. The Morgan fingerprint density at radius 1 is 1.39 bits per heavy atom. The largest absolute Gasteiger partial charge is 0.348 e. The highest BCUT2D eigenvalue weighted by Crippen LogP contribution is 2.19. The van der Waals surface area contributed by atoms with Gasteiger partial charge in [-0.2, -0.15) is 0 Å². The van der Waals surface area contributed by atoms with Crippen LogP contribution in [0.15, 0.2) is 18.2 Å². The molecule has 1 aromatic rings. The Kier molecular flexibility index (Phi) is 4.19. The number of carbonyl (C=O) groups is 1. The zero-order valence-electron chi connectivity index (χ0n) is 9.96. The Bertz CT molecular complexity index is 453. The third-order valence-corrected chi connectivity index (χ3v) is 3.55. The standard InChI is InChI=1S/C13H16ClFN2O/c14-8-5-6-9(10(15)7-8)13(18)17-12-4-2-1-3-11(12)16/h5-7,11-12H,1-4,16H2,(H,17,18). The molecule has 5 heteroatoms. The Morgan fingerprint density at radius 3 is 2.78 bits per heavy atom. The second kappa shape index (κ2) is 5.67. The van der Waals surface area contributed by atoms with E-state index in [2.05, 4.69) is 5.32 Å². The highest BCUT2D eigenvalue weighted by Gasteiger charge is 2.24. The van der Waals surface area contributed by atoms with E-state index in [1.54, 1.807) is 0 Å². The number of nitrogens with two attached hydrogens (primary N) is 1. The molecule has 2 rings (SSSR count). The molecule has 0 heterocycles. The Hall–Kier alpha value is -1.13. The molecule has 3 N–H and O–H groups in total. The van der Waals surface area contributed by atoms with Crippen LogP contribution in [0, 0.1) is 5.82 Å². The summed E-state index contributed by atoms with van der Waals surface area (Å²) in [7, 11) is 0. The van der Waals surface area contributed by atoms with Crippen molar-refractivity contribution in [3.63, 3.8) is 0 Å². The molecule has 1 amide bonds. The molecular weight excluding hydrogens is 255 g/mol. The van der Waals surface area contributed by atoms with Crippen LogP contribution in [-0.4, -0.2) is 18.0 Å². The number of nitrogens with one attached hydrogen (secondary N) is 1. The highest BCUT2D eigenvalue weighted by molar-refractivity contribution is 6.30. The monoisotopic (exact) mass is 270 g/mol. The van der Waals surface area contributed by atoms with Crippen LogP contribution in [0.3, 0.4) is 0 Å². The lowest BCUT2D eigenvalue weighted by atomic mass is 9.91. The fourth-order valence-corrected chi connectivity index (χ4v) is 2.42. The van der Waals surface area contributed by atoms with Crippen molar-refractivity contribution in [1.82, 2.24) is 5.32 Å². The molecule has 1 saturated carbocycles. The van der Waals surface area contributed by atoms with Crippen LogP contribution in [0.25, 0.3) is 0 Å². The van der Waals surface area contributed by atoms with Crippen molar-refractivity contribution in [3.05, 3.63) is 34.6 Å². The van der Waals surface area contributed by atoms with Gasteiger partial charge in [-0.15, -0.1) is 0 Å². The first-order valence-corrected chi connectivity index (χ1v) is 6.47. The van der Waals surface area contributed by atoms with Gasteiger partial charge in [0.05, 0.1) is 5.56 Å². The molecule has 18 heavy (non-hydrogen) atoms. The topological polar surface area (TPSA) is 55.1 Å². The fourth-order valence-electron chi connectivity index (χ4n) is 2.26. The third-order valence-electron chi connectivity index (χ3n) is 3.31. The molecule has 0 spiro atoms. The first kappa shape index (κ1) is 13.3. The maximum Gasteiger partial charge on any atom is 0.254 e. The Morgan fingerprint density at radius 2 is 2.11 bits per heavy atom. The first-order valence-electron chi connectivity index (χ1n) is 6.09. The summed E-state index contributed by atoms with van der Waals surface area (Å²) < 4.78 is 13.6. The Balaban J connectivity index is 2.07. The van der Waals surface area contributed by atoms with Crippen molar-refractivity contribution in [3.8, 4) is 0 Å². The zero-order valence-corrected chi connectivity index (χ0v) is 10.7. The minimum atomic E-state index is -0.607. The van der Waals surface area contributed by atoms with E-state index in [1.807, 2.05) is 0 Å². The maximum atomic E-state index is 13.6. The van der Waals surface area contributed by atoms with Crippen LogP contribution in [0.2, 0.25) is 5.02 Å². The molecule has 1 aliphatic rings. The van der Waals surface area contributed by atoms with E-state index in [9.17, 15) is 9.18 Å². The number of amides is 1. The van der Waals surface area contributed by atoms with Crippen molar-refractivity contribution in [2.75, 3.05) is 0 Å². The molecule has 1 aliphatic carbocycles. The normalized spacial score (nSPS) is 23.7. The van der Waals surface area contributed by atoms with Gasteiger partial charge in [0.1, 0.15) is 5.82 Å². The van der Waals surface area contributed by atoms with Crippen LogP contribution >= 0.6 is 11.6 Å². The van der Waals surface area contributed by atoms with E-state index in [0.29, 0.717) is 0 Å². The summed E-state index contributed by atoms with van der Waals surface area (Å²) in [4.78, 5) is 11.9. The lowest BCUT2D eigenvalue weighted by Gasteiger charge is -2.29. The summed E-state index contributed by atoms with van der Waals surface area (Å²) in [6.45, 7) is 0. The van der Waals surface area contributed by atoms with E-state index in [0.717, 1.165) is 31.7 Å². The molecule has 3 nitrogen and oxygen atoms in total. The predicted octanol–water partition coefficient (Wildman–Crippen LogP) is 2.48. The van der Waals surface area contributed by atoms with E-state index < -0.39 is 11.7 Å². The third kappa shape index (κ3) is 3.00. The molecule has 2 unspecified atom stereocenters. The molecular formula is C13H16ClFN2O. The number of halogens is 2. The lowest BCUT2D eigenvalue weighted by molar-refractivity contribution is 0.0917. The van der Waals surface area contributed by atoms with Crippen molar-refractivity contribution in [1.29, 1.82) is 0 Å². The van der Waals surface area contributed by atoms with E-state index in [1.165, 1.54) is 12.1 Å². The molecule has 0 bridgehead atoms. The summed E-state index contributed by atoms with van der Waals surface area (Å²) in [5.74, 6) is -1.03. The summed E-state index contributed by atoms with van der Waals surface area (Å²) in [6, 6.07) is 3.92. The van der Waals surface area contributed by atoms with Crippen LogP contribution in [-0.2, 0) is 0 Å². The fraction of sp³-hybridized carbons (Fsp3) is 0.462. The average molecular weight is 271 g/mol. The smallest absolute Gasteiger partial charge is 0.254 e. The molecule has 1 aromatic carbocycles. The van der Waals surface area contributed by atoms with Gasteiger partial charge in [-0.05, 0) is 31.0 Å². The summed E-state index contributed by atoms with van der Waals surface area (Å²) in [6.07, 6.45) is 3.88. The average Bonchev–Trinajstić information content (AvgIpc) is 2.32. The van der Waals surface area contributed by atoms with Crippen molar-refractivity contribution in [2.45, 2.75) is 37.8 Å². The van der Waals surface area contributed by atoms with Gasteiger partial charge in [0.25, 0.3) is 5.91 Å². The molecule has 0 radical (unpaired) electrons. The summed E-state index contributed by atoms with van der Waals surface area (Å²) in [5, 5.41) is 3.07. The van der Waals surface area contributed by atoms with Gasteiger partial charge in [-0.25, -0.2) is 4.39 Å². The number of benzene rings is 1. The highest BCUT2D eigenvalue weighted by atomic mass is 35.5.